The largest absolute Gasteiger partial charge is 0.497 e. The Hall–Kier alpha value is -0.473. The Labute approximate surface area is 67.5 Å². The van der Waals surface area contributed by atoms with E-state index in [1.807, 2.05) is 24.3 Å². The first-order valence-corrected chi connectivity index (χ1v) is 4.88. The predicted octanol–water partition coefficient (Wildman–Crippen LogP) is 1.18. The van der Waals surface area contributed by atoms with Crippen molar-refractivity contribution in [2.45, 2.75) is 0 Å². The van der Waals surface area contributed by atoms with Crippen LogP contribution < -0.4 is 9.92 Å². The number of benzene rings is 1. The lowest BCUT2D eigenvalue weighted by Crippen LogP contribution is -2.06. The van der Waals surface area contributed by atoms with Crippen molar-refractivity contribution < 1.29 is 4.74 Å². The van der Waals surface area contributed by atoms with Crippen LogP contribution in [0.1, 0.15) is 0 Å². The molecule has 0 N–H and O–H groups in total. The molecule has 0 aliphatic heterocycles. The second-order valence-electron chi connectivity index (χ2n) is 1.82. The average molecular weight is 171 g/mol. The molecule has 1 rings (SSSR count). The molecule has 0 atom stereocenters. The molecule has 0 spiro atoms. The van der Waals surface area contributed by atoms with Crippen molar-refractivity contribution in [3.05, 3.63) is 24.3 Å². The van der Waals surface area contributed by atoms with Gasteiger partial charge in [0.15, 0.2) is 0 Å². The van der Waals surface area contributed by atoms with Crippen molar-refractivity contribution in [1.82, 2.24) is 0 Å². The van der Waals surface area contributed by atoms with Gasteiger partial charge in [0.1, 0.15) is 5.75 Å². The number of methoxy groups -OCH3 is 1. The molecular formula is C7H7ClOSi. The van der Waals surface area contributed by atoms with Crippen molar-refractivity contribution in [3.63, 3.8) is 0 Å². The summed E-state index contributed by atoms with van der Waals surface area (Å²) in [6, 6.07) is 7.74. The van der Waals surface area contributed by atoms with E-state index >= 15 is 0 Å². The van der Waals surface area contributed by atoms with E-state index in [9.17, 15) is 0 Å². The molecule has 1 nitrogen and oxygen atoms in total. The molecule has 0 saturated heterocycles. The Kier molecular flexibility index (Phi) is 2.77. The van der Waals surface area contributed by atoms with Crippen molar-refractivity contribution in [1.29, 1.82) is 0 Å². The van der Waals surface area contributed by atoms with Crippen LogP contribution in [-0.4, -0.2) is 15.9 Å². The molecule has 0 unspecified atom stereocenters. The highest BCUT2D eigenvalue weighted by molar-refractivity contribution is 7.01. The Morgan fingerprint density at radius 3 is 2.30 bits per heavy atom. The molecule has 0 aromatic heterocycles. The average Bonchev–Trinajstić information content (AvgIpc) is 2.05. The lowest BCUT2D eigenvalue weighted by Gasteiger charge is -1.98. The van der Waals surface area contributed by atoms with E-state index in [4.69, 9.17) is 15.8 Å². The standard InChI is InChI=1S/C7H7ClOSi/c1-9-6-2-4-7(10-8)5-3-6/h2-5H,1H3. The number of halogens is 1. The molecule has 1 aromatic carbocycles. The molecule has 0 fully saturated rings. The van der Waals surface area contributed by atoms with E-state index < -0.39 is 0 Å². The van der Waals surface area contributed by atoms with Gasteiger partial charge in [-0.05, 0) is 17.3 Å². The highest BCUT2D eigenvalue weighted by Crippen LogP contribution is 2.05. The van der Waals surface area contributed by atoms with Gasteiger partial charge < -0.3 is 4.74 Å². The van der Waals surface area contributed by atoms with E-state index in [-0.39, 0.29) is 0 Å². The van der Waals surface area contributed by atoms with Gasteiger partial charge in [-0.3, -0.25) is 0 Å². The summed E-state index contributed by atoms with van der Waals surface area (Å²) in [6.45, 7) is 0. The minimum atomic E-state index is 0.344. The molecule has 0 aliphatic carbocycles. The van der Waals surface area contributed by atoms with E-state index in [0.29, 0.717) is 8.83 Å². The predicted molar refractivity (Wildman–Crippen MR) is 44.2 cm³/mol. The second-order valence-corrected chi connectivity index (χ2v) is 3.16. The van der Waals surface area contributed by atoms with Crippen LogP contribution in [0.2, 0.25) is 0 Å². The first kappa shape index (κ1) is 7.63. The molecule has 2 radical (unpaired) electrons. The first-order valence-electron chi connectivity index (χ1n) is 2.87. The van der Waals surface area contributed by atoms with Gasteiger partial charge in [-0.1, -0.05) is 12.1 Å². The van der Waals surface area contributed by atoms with Crippen molar-refractivity contribution >= 4 is 25.1 Å². The fourth-order valence-electron chi connectivity index (χ4n) is 0.654. The third-order valence-electron chi connectivity index (χ3n) is 1.20. The van der Waals surface area contributed by atoms with Crippen molar-refractivity contribution in [3.8, 4) is 5.75 Å². The third-order valence-corrected chi connectivity index (χ3v) is 2.41. The van der Waals surface area contributed by atoms with Gasteiger partial charge in [-0.25, -0.2) is 0 Å². The smallest absolute Gasteiger partial charge is 0.210 e. The van der Waals surface area contributed by atoms with Gasteiger partial charge in [0.25, 0.3) is 0 Å². The molecule has 0 amide bonds. The topological polar surface area (TPSA) is 9.23 Å². The minimum absolute atomic E-state index is 0.344. The second kappa shape index (κ2) is 3.64. The van der Waals surface area contributed by atoms with E-state index in [1.165, 1.54) is 0 Å². The summed E-state index contributed by atoms with van der Waals surface area (Å²) in [4.78, 5) is 0. The van der Waals surface area contributed by atoms with E-state index in [0.717, 1.165) is 10.9 Å². The van der Waals surface area contributed by atoms with E-state index in [2.05, 4.69) is 0 Å². The van der Waals surface area contributed by atoms with Gasteiger partial charge in [0, 0.05) is 0 Å². The molecule has 0 heterocycles. The van der Waals surface area contributed by atoms with Crippen LogP contribution in [0.4, 0.5) is 0 Å². The fourth-order valence-corrected chi connectivity index (χ4v) is 1.32. The number of rotatable bonds is 2. The zero-order valence-electron chi connectivity index (χ0n) is 5.60. The van der Waals surface area contributed by atoms with Crippen LogP contribution in [0.3, 0.4) is 0 Å². The van der Waals surface area contributed by atoms with Crippen LogP contribution in [0.25, 0.3) is 0 Å². The van der Waals surface area contributed by atoms with E-state index in [1.54, 1.807) is 7.11 Å². The van der Waals surface area contributed by atoms with Crippen LogP contribution in [-0.2, 0) is 0 Å². The van der Waals surface area contributed by atoms with Crippen LogP contribution >= 0.6 is 11.1 Å². The number of hydrogen-bond acceptors (Lipinski definition) is 1. The Morgan fingerprint density at radius 2 is 1.90 bits per heavy atom. The summed E-state index contributed by atoms with van der Waals surface area (Å²) in [5.41, 5.74) is 0. The highest BCUT2D eigenvalue weighted by Gasteiger charge is 1.91. The normalized spacial score (nSPS) is 9.40. The van der Waals surface area contributed by atoms with Crippen LogP contribution in [0, 0.1) is 0 Å². The molecule has 0 bridgehead atoms. The highest BCUT2D eigenvalue weighted by atomic mass is 35.6. The molecule has 0 aliphatic rings. The lowest BCUT2D eigenvalue weighted by atomic mass is 10.3. The Bertz CT molecular complexity index is 174. The summed E-state index contributed by atoms with van der Waals surface area (Å²) in [5, 5.41) is 1.14. The lowest BCUT2D eigenvalue weighted by molar-refractivity contribution is 0.415. The van der Waals surface area contributed by atoms with Gasteiger partial charge in [-0.15, -0.1) is 0 Å². The maximum atomic E-state index is 5.61. The van der Waals surface area contributed by atoms with Crippen molar-refractivity contribution in [2.75, 3.05) is 7.11 Å². The molecule has 3 heteroatoms. The summed E-state index contributed by atoms with van der Waals surface area (Å²) in [5.74, 6) is 0.874. The third kappa shape index (κ3) is 1.75. The Balaban J connectivity index is 2.80. The SMILES string of the molecule is COc1ccc([Si]Cl)cc1. The maximum absolute atomic E-state index is 5.61. The summed E-state index contributed by atoms with van der Waals surface area (Å²) < 4.78 is 4.97. The Morgan fingerprint density at radius 1 is 1.30 bits per heavy atom. The zero-order chi connectivity index (χ0) is 7.40. The number of ether oxygens (including phenoxy) is 1. The molecular weight excluding hydrogens is 164 g/mol. The van der Waals surface area contributed by atoms with Crippen LogP contribution in [0.15, 0.2) is 24.3 Å². The quantitative estimate of drug-likeness (QED) is 0.479. The molecule has 10 heavy (non-hydrogen) atoms. The molecule has 52 valence electrons. The summed E-state index contributed by atoms with van der Waals surface area (Å²) in [6.07, 6.45) is 0. The van der Waals surface area contributed by atoms with Gasteiger partial charge in [-0.2, -0.15) is 11.1 Å². The first-order chi connectivity index (χ1) is 4.86. The van der Waals surface area contributed by atoms with Crippen LogP contribution in [0.5, 0.6) is 5.75 Å². The van der Waals surface area contributed by atoms with Crippen molar-refractivity contribution in [2.24, 2.45) is 0 Å². The van der Waals surface area contributed by atoms with Gasteiger partial charge in [0.2, 0.25) is 8.83 Å². The summed E-state index contributed by atoms with van der Waals surface area (Å²) in [7, 11) is 2.00. The molecule has 1 aromatic rings. The monoisotopic (exact) mass is 170 g/mol. The fraction of sp³-hybridized carbons (Fsp3) is 0.143. The summed E-state index contributed by atoms with van der Waals surface area (Å²) >= 11 is 5.61. The minimum Gasteiger partial charge on any atom is -0.497 e. The van der Waals surface area contributed by atoms with Gasteiger partial charge in [0.05, 0.1) is 7.11 Å². The maximum Gasteiger partial charge on any atom is 0.210 e. The number of hydrogen-bond donors (Lipinski definition) is 0. The van der Waals surface area contributed by atoms with Gasteiger partial charge >= 0.3 is 0 Å². The molecule has 0 saturated carbocycles. The zero-order valence-corrected chi connectivity index (χ0v) is 7.35.